The Morgan fingerprint density at radius 2 is 0.953 bits per heavy atom. The summed E-state index contributed by atoms with van der Waals surface area (Å²) in [6.45, 7) is 4.04. The summed E-state index contributed by atoms with van der Waals surface area (Å²) in [6.07, 6.45) is 8.09. The van der Waals surface area contributed by atoms with Gasteiger partial charge in [-0.05, 0) is 43.8 Å². The Kier molecular flexibility index (Phi) is 14.6. The lowest BCUT2D eigenvalue weighted by Crippen LogP contribution is -2.17. The van der Waals surface area contributed by atoms with Gasteiger partial charge in [-0.3, -0.25) is 0 Å². The van der Waals surface area contributed by atoms with Crippen molar-refractivity contribution in [3.8, 4) is 0 Å². The fourth-order valence-corrected chi connectivity index (χ4v) is 15.4. The van der Waals surface area contributed by atoms with Gasteiger partial charge in [0.2, 0.25) is 0 Å². The van der Waals surface area contributed by atoms with Crippen LogP contribution in [0.1, 0.15) is 53.4 Å². The molecule has 3 saturated heterocycles. The van der Waals surface area contributed by atoms with Crippen LogP contribution in [0.25, 0.3) is 0 Å². The van der Waals surface area contributed by atoms with Crippen LogP contribution in [0.15, 0.2) is 103 Å². The molecule has 0 bridgehead atoms. The summed E-state index contributed by atoms with van der Waals surface area (Å²) >= 11 is 0. The van der Waals surface area contributed by atoms with Crippen LogP contribution in [0.5, 0.6) is 0 Å². The van der Waals surface area contributed by atoms with Gasteiger partial charge in [-0.2, -0.15) is 0 Å². The first-order valence-electron chi connectivity index (χ1n) is 14.6. The molecule has 43 heavy (non-hydrogen) atoms. The highest BCUT2D eigenvalue weighted by atomic mass is 31.2. The maximum absolute atomic E-state index is 12.6. The SMILES string of the molecule is C.C.C=C1CCCP1(=O)c1ccccc1.O=[P@@]1(c2ccccc2)CCC[C@@H]1CO.O=[P@@]1(c2ccccc2)CCC[C@H]1CO. The van der Waals surface area contributed by atoms with Gasteiger partial charge in [-0.1, -0.05) is 112 Å². The molecular formula is C35H51O5P3. The highest BCUT2D eigenvalue weighted by Crippen LogP contribution is 2.59. The van der Waals surface area contributed by atoms with Gasteiger partial charge in [-0.25, -0.2) is 0 Å². The monoisotopic (exact) mass is 644 g/mol. The fraction of sp³-hybridized carbons (Fsp3) is 0.429. The van der Waals surface area contributed by atoms with Gasteiger partial charge in [0.25, 0.3) is 0 Å². The maximum atomic E-state index is 12.6. The molecule has 5 nitrogen and oxygen atoms in total. The molecule has 3 heterocycles. The molecule has 3 aromatic carbocycles. The molecule has 236 valence electrons. The summed E-state index contributed by atoms with van der Waals surface area (Å²) in [6, 6.07) is 29.0. The van der Waals surface area contributed by atoms with E-state index in [1.54, 1.807) is 0 Å². The van der Waals surface area contributed by atoms with Gasteiger partial charge in [-0.15, -0.1) is 0 Å². The molecule has 0 amide bonds. The van der Waals surface area contributed by atoms with Crippen molar-refractivity contribution in [3.63, 3.8) is 0 Å². The first-order chi connectivity index (χ1) is 19.8. The Bertz CT molecular complexity index is 1340. The second kappa shape index (κ2) is 16.9. The normalized spacial score (nSPS) is 29.2. The van der Waals surface area contributed by atoms with E-state index in [-0.39, 0.29) is 39.4 Å². The molecule has 5 atom stereocenters. The van der Waals surface area contributed by atoms with Crippen LogP contribution in [0.3, 0.4) is 0 Å². The Morgan fingerprint density at radius 1 is 0.581 bits per heavy atom. The minimum Gasteiger partial charge on any atom is -0.396 e. The van der Waals surface area contributed by atoms with E-state index in [2.05, 4.69) is 6.58 Å². The van der Waals surface area contributed by atoms with E-state index in [0.717, 1.165) is 78.2 Å². The number of benzene rings is 3. The number of allylic oxidation sites excluding steroid dienone is 1. The van der Waals surface area contributed by atoms with Gasteiger partial charge in [0, 0.05) is 45.7 Å². The van der Waals surface area contributed by atoms with E-state index in [4.69, 9.17) is 0 Å². The van der Waals surface area contributed by atoms with Crippen LogP contribution in [-0.4, -0.2) is 53.2 Å². The van der Waals surface area contributed by atoms with Crippen molar-refractivity contribution in [1.29, 1.82) is 0 Å². The number of hydrogen-bond donors (Lipinski definition) is 2. The molecule has 2 N–H and O–H groups in total. The second-order valence-corrected chi connectivity index (χ2v) is 20.8. The molecule has 3 aliphatic rings. The highest BCUT2D eigenvalue weighted by molar-refractivity contribution is 7.75. The summed E-state index contributed by atoms with van der Waals surface area (Å²) in [4.78, 5) is 0. The molecule has 0 spiro atoms. The van der Waals surface area contributed by atoms with Crippen LogP contribution >= 0.6 is 21.4 Å². The average Bonchev–Trinajstić information content (AvgIpc) is 3.72. The average molecular weight is 645 g/mol. The summed E-state index contributed by atoms with van der Waals surface area (Å²) < 4.78 is 37.7. The second-order valence-electron chi connectivity index (χ2n) is 11.1. The van der Waals surface area contributed by atoms with Crippen LogP contribution in [0.2, 0.25) is 0 Å². The molecular weight excluding hydrogens is 593 g/mol. The smallest absolute Gasteiger partial charge is 0.138 e. The zero-order valence-electron chi connectivity index (χ0n) is 23.8. The lowest BCUT2D eigenvalue weighted by molar-refractivity contribution is 0.289. The number of rotatable bonds is 5. The van der Waals surface area contributed by atoms with Crippen molar-refractivity contribution in [2.24, 2.45) is 0 Å². The quantitative estimate of drug-likeness (QED) is 0.276. The minimum atomic E-state index is -2.28. The fourth-order valence-electron chi connectivity index (χ4n) is 6.22. The van der Waals surface area contributed by atoms with Crippen molar-refractivity contribution in [2.45, 2.75) is 64.7 Å². The predicted octanol–water partition coefficient (Wildman–Crippen LogP) is 7.91. The van der Waals surface area contributed by atoms with Crippen LogP contribution in [0, 0.1) is 0 Å². The van der Waals surface area contributed by atoms with Crippen molar-refractivity contribution in [3.05, 3.63) is 103 Å². The third-order valence-electron chi connectivity index (χ3n) is 8.67. The molecule has 3 fully saturated rings. The van der Waals surface area contributed by atoms with Gasteiger partial charge in [0.15, 0.2) is 0 Å². The molecule has 0 aromatic heterocycles. The predicted molar refractivity (Wildman–Crippen MR) is 188 cm³/mol. The molecule has 8 heteroatoms. The largest absolute Gasteiger partial charge is 0.396 e. The summed E-state index contributed by atoms with van der Waals surface area (Å²) in [5.41, 5.74) is 0.00907. The number of aliphatic hydroxyl groups is 2. The first-order valence-corrected chi connectivity index (χ1v) is 20.4. The lowest BCUT2D eigenvalue weighted by Gasteiger charge is -2.18. The van der Waals surface area contributed by atoms with E-state index in [0.29, 0.717) is 0 Å². The summed E-state index contributed by atoms with van der Waals surface area (Å²) in [7, 11) is -6.77. The molecule has 3 aliphatic heterocycles. The van der Waals surface area contributed by atoms with E-state index in [1.165, 1.54) is 0 Å². The standard InChI is InChI=1S/2C11H15O2P.C11H13OP.2CH4/c2*12-9-11-7-4-8-14(11,13)10-5-2-1-3-6-10;1-10-6-5-9-13(10,12)11-7-3-2-4-8-11;;/h2*1-3,5-6,11-12H,4,7-9H2;2-4,7-8H,1,5-6,9H2;2*1H4/t11-,14+;11-,14-;;;/m01.../s1. The van der Waals surface area contributed by atoms with Gasteiger partial charge in [0.05, 0.1) is 13.2 Å². The maximum Gasteiger partial charge on any atom is 0.138 e. The topological polar surface area (TPSA) is 91.7 Å². The van der Waals surface area contributed by atoms with Crippen LogP contribution < -0.4 is 15.9 Å². The minimum absolute atomic E-state index is 0. The first kappa shape index (κ1) is 37.2. The van der Waals surface area contributed by atoms with E-state index in [9.17, 15) is 23.9 Å². The Hall–Kier alpha value is -1.99. The third kappa shape index (κ3) is 8.39. The number of aliphatic hydroxyl groups excluding tert-OH is 2. The number of hydrogen-bond acceptors (Lipinski definition) is 5. The van der Waals surface area contributed by atoms with E-state index >= 15 is 0 Å². The van der Waals surface area contributed by atoms with Crippen molar-refractivity contribution >= 4 is 37.3 Å². The van der Waals surface area contributed by atoms with E-state index in [1.807, 2.05) is 91.0 Å². The van der Waals surface area contributed by atoms with Crippen molar-refractivity contribution in [2.75, 3.05) is 31.7 Å². The van der Waals surface area contributed by atoms with Gasteiger partial charge < -0.3 is 23.9 Å². The van der Waals surface area contributed by atoms with Crippen LogP contribution in [0.4, 0.5) is 0 Å². The van der Waals surface area contributed by atoms with Gasteiger partial charge in [0.1, 0.15) is 21.4 Å². The molecule has 0 saturated carbocycles. The molecule has 1 unspecified atom stereocenters. The Morgan fingerprint density at radius 3 is 1.28 bits per heavy atom. The molecule has 0 aliphatic carbocycles. The zero-order valence-corrected chi connectivity index (χ0v) is 26.4. The van der Waals surface area contributed by atoms with Crippen LogP contribution in [-0.2, 0) is 13.7 Å². The molecule has 6 rings (SSSR count). The Labute approximate surface area is 260 Å². The molecule has 3 aromatic rings. The summed E-state index contributed by atoms with van der Waals surface area (Å²) in [5, 5.41) is 22.2. The lowest BCUT2D eigenvalue weighted by atomic mass is 10.3. The zero-order chi connectivity index (χ0) is 29.3. The Balaban J connectivity index is 0.000000220. The molecule has 0 radical (unpaired) electrons. The highest BCUT2D eigenvalue weighted by Gasteiger charge is 2.39. The van der Waals surface area contributed by atoms with Crippen molar-refractivity contribution < 1.29 is 23.9 Å². The summed E-state index contributed by atoms with van der Waals surface area (Å²) in [5.74, 6) is 0. The van der Waals surface area contributed by atoms with Gasteiger partial charge >= 0.3 is 0 Å². The van der Waals surface area contributed by atoms with Crippen molar-refractivity contribution in [1.82, 2.24) is 0 Å². The third-order valence-corrected chi connectivity index (χ3v) is 19.5. The van der Waals surface area contributed by atoms with E-state index < -0.39 is 21.4 Å².